The van der Waals surface area contributed by atoms with Crippen LogP contribution in [0.1, 0.15) is 24.8 Å². The highest BCUT2D eigenvalue weighted by atomic mass is 16.5. The number of piperidine rings is 1. The van der Waals surface area contributed by atoms with Crippen LogP contribution < -0.4 is 0 Å². The molecule has 0 aromatic heterocycles. The molecule has 0 spiro atoms. The van der Waals surface area contributed by atoms with Gasteiger partial charge in [-0.2, -0.15) is 0 Å². The monoisotopic (exact) mass is 366 g/mol. The minimum absolute atomic E-state index is 0.00874. The minimum atomic E-state index is -0.00874. The molecule has 1 atom stereocenters. The molecule has 0 aliphatic carbocycles. The highest BCUT2D eigenvalue weighted by Gasteiger charge is 2.28. The lowest BCUT2D eigenvalue weighted by molar-refractivity contribution is -0.146. The number of hydrogen-bond acceptors (Lipinski definition) is 3. The average molecular weight is 366 g/mol. The lowest BCUT2D eigenvalue weighted by atomic mass is 9.99. The second-order valence-electron chi connectivity index (χ2n) is 7.45. The van der Waals surface area contributed by atoms with Gasteiger partial charge in [-0.05, 0) is 29.2 Å². The van der Waals surface area contributed by atoms with Crippen molar-refractivity contribution in [1.29, 1.82) is 0 Å². The predicted molar refractivity (Wildman–Crippen MR) is 104 cm³/mol. The molecule has 5 nitrogen and oxygen atoms in total. The second-order valence-corrected chi connectivity index (χ2v) is 7.45. The van der Waals surface area contributed by atoms with Crippen molar-refractivity contribution in [2.24, 2.45) is 0 Å². The molecule has 0 N–H and O–H groups in total. The number of benzene rings is 2. The molecule has 5 heteroatoms. The third kappa shape index (κ3) is 4.14. The van der Waals surface area contributed by atoms with E-state index in [0.29, 0.717) is 32.7 Å². The summed E-state index contributed by atoms with van der Waals surface area (Å²) in [7, 11) is 0. The lowest BCUT2D eigenvalue weighted by Crippen LogP contribution is -2.51. The average Bonchev–Trinajstić information content (AvgIpc) is 2.70. The number of nitrogens with zero attached hydrogens (tertiary/aromatic N) is 2. The van der Waals surface area contributed by atoms with Gasteiger partial charge in [0.05, 0.1) is 19.3 Å². The zero-order valence-electron chi connectivity index (χ0n) is 15.6. The minimum Gasteiger partial charge on any atom is -0.374 e. The van der Waals surface area contributed by atoms with E-state index in [-0.39, 0.29) is 24.5 Å². The molecule has 142 valence electrons. The van der Waals surface area contributed by atoms with E-state index in [1.54, 1.807) is 4.90 Å². The number of morpholine rings is 1. The summed E-state index contributed by atoms with van der Waals surface area (Å²) in [5.74, 6) is 0.145. The number of likely N-dealkylation sites (tertiary alicyclic amines) is 1. The molecule has 27 heavy (non-hydrogen) atoms. The molecular formula is C22H26N2O3. The first-order chi connectivity index (χ1) is 13.2. The van der Waals surface area contributed by atoms with Gasteiger partial charge in [0, 0.05) is 32.5 Å². The van der Waals surface area contributed by atoms with Gasteiger partial charge in [-0.15, -0.1) is 0 Å². The lowest BCUT2D eigenvalue weighted by Gasteiger charge is -2.35. The summed E-state index contributed by atoms with van der Waals surface area (Å²) in [5, 5.41) is 2.47. The molecular weight excluding hydrogens is 340 g/mol. The van der Waals surface area contributed by atoms with Gasteiger partial charge in [0.25, 0.3) is 0 Å². The Morgan fingerprint density at radius 1 is 1.07 bits per heavy atom. The Morgan fingerprint density at radius 2 is 1.93 bits per heavy atom. The van der Waals surface area contributed by atoms with E-state index < -0.39 is 0 Å². The summed E-state index contributed by atoms with van der Waals surface area (Å²) < 4.78 is 5.95. The largest absolute Gasteiger partial charge is 0.374 e. The van der Waals surface area contributed by atoms with E-state index >= 15 is 0 Å². The summed E-state index contributed by atoms with van der Waals surface area (Å²) in [6.45, 7) is 2.65. The van der Waals surface area contributed by atoms with Crippen LogP contribution in [0.2, 0.25) is 0 Å². The fourth-order valence-electron chi connectivity index (χ4n) is 4.08. The Bertz CT molecular complexity index is 830. The number of carbonyl (C=O) groups is 2. The summed E-state index contributed by atoms with van der Waals surface area (Å²) in [4.78, 5) is 28.2. The van der Waals surface area contributed by atoms with Crippen molar-refractivity contribution in [2.45, 2.75) is 31.8 Å². The van der Waals surface area contributed by atoms with E-state index in [1.807, 2.05) is 11.0 Å². The zero-order chi connectivity index (χ0) is 18.6. The first kappa shape index (κ1) is 18.0. The van der Waals surface area contributed by atoms with Crippen molar-refractivity contribution in [3.8, 4) is 0 Å². The van der Waals surface area contributed by atoms with Gasteiger partial charge in [0.1, 0.15) is 0 Å². The smallest absolute Gasteiger partial charge is 0.242 e. The Morgan fingerprint density at radius 3 is 2.81 bits per heavy atom. The van der Waals surface area contributed by atoms with Gasteiger partial charge in [-0.3, -0.25) is 9.59 Å². The van der Waals surface area contributed by atoms with Gasteiger partial charge in [-0.25, -0.2) is 0 Å². The third-order valence-corrected chi connectivity index (χ3v) is 5.57. The number of hydrogen-bond donors (Lipinski definition) is 0. The summed E-state index contributed by atoms with van der Waals surface area (Å²) in [6, 6.07) is 14.7. The maximum absolute atomic E-state index is 12.7. The molecule has 2 aliphatic rings. The van der Waals surface area contributed by atoms with Crippen LogP contribution in [0.5, 0.6) is 0 Å². The van der Waals surface area contributed by atoms with Gasteiger partial charge in [0.2, 0.25) is 11.8 Å². The quantitative estimate of drug-likeness (QED) is 0.836. The molecule has 2 aromatic carbocycles. The number of rotatable bonds is 4. The van der Waals surface area contributed by atoms with Crippen LogP contribution in [0.4, 0.5) is 0 Å². The number of amides is 2. The van der Waals surface area contributed by atoms with E-state index in [1.165, 1.54) is 16.3 Å². The summed E-state index contributed by atoms with van der Waals surface area (Å²) in [6.07, 6.45) is 3.28. The van der Waals surface area contributed by atoms with Gasteiger partial charge in [0.15, 0.2) is 0 Å². The molecule has 2 amide bonds. The van der Waals surface area contributed by atoms with Crippen LogP contribution in [0.15, 0.2) is 42.5 Å². The number of ether oxygens (including phenoxy) is 1. The van der Waals surface area contributed by atoms with Gasteiger partial charge < -0.3 is 14.5 Å². The molecule has 2 saturated heterocycles. The van der Waals surface area contributed by atoms with Crippen LogP contribution in [0.25, 0.3) is 10.8 Å². The molecule has 2 aliphatic heterocycles. The van der Waals surface area contributed by atoms with Crippen LogP contribution in [-0.2, 0) is 20.7 Å². The Kier molecular flexibility index (Phi) is 5.39. The van der Waals surface area contributed by atoms with Crippen LogP contribution in [-0.4, -0.2) is 60.5 Å². The van der Waals surface area contributed by atoms with E-state index in [2.05, 4.69) is 36.4 Å². The highest BCUT2D eigenvalue weighted by Crippen LogP contribution is 2.22. The Hall–Kier alpha value is -2.40. The maximum Gasteiger partial charge on any atom is 0.242 e. The van der Waals surface area contributed by atoms with Gasteiger partial charge in [-0.1, -0.05) is 42.5 Å². The van der Waals surface area contributed by atoms with Crippen molar-refractivity contribution >= 4 is 22.6 Å². The standard InChI is InChI=1S/C22H26N2O3/c25-21-10-3-4-11-23(21)16-22(26)24-12-13-27-19(15-24)14-18-8-5-7-17-6-1-2-9-20(17)18/h1-2,5-9,19H,3-4,10-16H2/t19-/m1/s1. The first-order valence-electron chi connectivity index (χ1n) is 9.84. The van der Waals surface area contributed by atoms with Crippen molar-refractivity contribution < 1.29 is 14.3 Å². The Labute approximate surface area is 159 Å². The molecule has 2 fully saturated rings. The van der Waals surface area contributed by atoms with Crippen molar-refractivity contribution in [1.82, 2.24) is 9.80 Å². The summed E-state index contributed by atoms with van der Waals surface area (Å²) >= 11 is 0. The molecule has 2 aromatic rings. The fourth-order valence-corrected chi connectivity index (χ4v) is 4.08. The normalized spacial score (nSPS) is 20.9. The molecule has 0 radical (unpaired) electrons. The van der Waals surface area contributed by atoms with Gasteiger partial charge >= 0.3 is 0 Å². The second kappa shape index (κ2) is 8.09. The van der Waals surface area contributed by atoms with Crippen LogP contribution in [0, 0.1) is 0 Å². The summed E-state index contributed by atoms with van der Waals surface area (Å²) in [5.41, 5.74) is 1.25. The van der Waals surface area contributed by atoms with Crippen LogP contribution >= 0.6 is 0 Å². The maximum atomic E-state index is 12.7. The first-order valence-corrected chi connectivity index (χ1v) is 9.84. The molecule has 0 bridgehead atoms. The van der Waals surface area contributed by atoms with Crippen molar-refractivity contribution in [2.75, 3.05) is 32.8 Å². The number of fused-ring (bicyclic) bond motifs is 1. The van der Waals surface area contributed by atoms with E-state index in [4.69, 9.17) is 4.74 Å². The molecule has 2 heterocycles. The van der Waals surface area contributed by atoms with Crippen LogP contribution in [0.3, 0.4) is 0 Å². The zero-order valence-corrected chi connectivity index (χ0v) is 15.6. The molecule has 0 unspecified atom stereocenters. The predicted octanol–water partition coefficient (Wildman–Crippen LogP) is 2.62. The molecule has 0 saturated carbocycles. The van der Waals surface area contributed by atoms with Crippen molar-refractivity contribution in [3.05, 3.63) is 48.0 Å². The topological polar surface area (TPSA) is 49.9 Å². The Balaban J connectivity index is 1.40. The SMILES string of the molecule is O=C1CCCCN1CC(=O)N1CCO[C@H](Cc2cccc3ccccc23)C1. The van der Waals surface area contributed by atoms with E-state index in [0.717, 1.165) is 19.3 Å². The fraction of sp³-hybridized carbons (Fsp3) is 0.455. The highest BCUT2D eigenvalue weighted by molar-refractivity contribution is 5.86. The van der Waals surface area contributed by atoms with Crippen molar-refractivity contribution in [3.63, 3.8) is 0 Å². The third-order valence-electron chi connectivity index (χ3n) is 5.57. The van der Waals surface area contributed by atoms with E-state index in [9.17, 15) is 9.59 Å². The number of carbonyl (C=O) groups excluding carboxylic acids is 2. The molecule has 4 rings (SSSR count).